The lowest BCUT2D eigenvalue weighted by Crippen LogP contribution is -2.34. The number of nitrogens with one attached hydrogen (secondary N) is 1. The van der Waals surface area contributed by atoms with E-state index in [0.717, 1.165) is 4.88 Å². The molecule has 0 radical (unpaired) electrons. The molecule has 0 saturated heterocycles. The van der Waals surface area contributed by atoms with Crippen molar-refractivity contribution in [1.29, 1.82) is 5.26 Å². The molecule has 1 aromatic heterocycles. The number of halogens is 1. The van der Waals surface area contributed by atoms with Crippen LogP contribution in [-0.2, 0) is 6.54 Å². The van der Waals surface area contributed by atoms with Crippen molar-refractivity contribution in [2.24, 2.45) is 0 Å². The smallest absolute Gasteiger partial charge is 0.322 e. The van der Waals surface area contributed by atoms with Crippen molar-refractivity contribution in [1.82, 2.24) is 4.90 Å². The molecule has 1 aromatic carbocycles. The summed E-state index contributed by atoms with van der Waals surface area (Å²) in [5.41, 5.74) is 0.944. The summed E-state index contributed by atoms with van der Waals surface area (Å²) in [6, 6.07) is 10.5. The molecular formula is C18H20ClN3O2S. The first kappa shape index (κ1) is 19.1. The molecule has 0 atom stereocenters. The standard InChI is InChI=1S/C18H20ClN3O2S/c1-4-22(11-14-6-8-17(19)25-14)18(23)21-15-9-13(10-20)5-7-16(15)24-12(2)3/h5-9,12H,4,11H2,1-3H3,(H,21,23). The highest BCUT2D eigenvalue weighted by molar-refractivity contribution is 7.16. The third-order valence-corrected chi connectivity index (χ3v) is 4.57. The first-order valence-corrected chi connectivity index (χ1v) is 9.13. The van der Waals surface area contributed by atoms with E-state index in [1.54, 1.807) is 23.1 Å². The van der Waals surface area contributed by atoms with Gasteiger partial charge in [-0.2, -0.15) is 5.26 Å². The minimum atomic E-state index is -0.254. The van der Waals surface area contributed by atoms with Gasteiger partial charge in [-0.05, 0) is 51.1 Å². The minimum absolute atomic E-state index is 0.0425. The minimum Gasteiger partial charge on any atom is -0.489 e. The number of carbonyl (C=O) groups is 1. The fourth-order valence-corrected chi connectivity index (χ4v) is 3.30. The topological polar surface area (TPSA) is 65.4 Å². The number of nitrogens with zero attached hydrogens (tertiary/aromatic N) is 2. The number of carbonyl (C=O) groups excluding carboxylic acids is 1. The second kappa shape index (κ2) is 8.75. The lowest BCUT2D eigenvalue weighted by molar-refractivity contribution is 0.212. The average molecular weight is 378 g/mol. The summed E-state index contributed by atoms with van der Waals surface area (Å²) in [6.07, 6.45) is -0.0425. The van der Waals surface area contributed by atoms with Gasteiger partial charge in [-0.25, -0.2) is 4.79 Å². The number of hydrogen-bond donors (Lipinski definition) is 1. The van der Waals surface area contributed by atoms with Crippen LogP contribution in [0.3, 0.4) is 0 Å². The van der Waals surface area contributed by atoms with Crippen LogP contribution in [0.5, 0.6) is 5.75 Å². The fraction of sp³-hybridized carbons (Fsp3) is 0.333. The Morgan fingerprint density at radius 1 is 1.40 bits per heavy atom. The highest BCUT2D eigenvalue weighted by Crippen LogP contribution is 2.28. The zero-order valence-corrected chi connectivity index (χ0v) is 15.9. The van der Waals surface area contributed by atoms with Gasteiger partial charge in [-0.3, -0.25) is 0 Å². The molecule has 5 nitrogen and oxygen atoms in total. The number of benzene rings is 1. The Kier molecular flexibility index (Phi) is 6.68. The predicted octanol–water partition coefficient (Wildman–Crippen LogP) is 5.11. The van der Waals surface area contributed by atoms with Gasteiger partial charge < -0.3 is 15.0 Å². The van der Waals surface area contributed by atoms with Gasteiger partial charge in [0.2, 0.25) is 0 Å². The van der Waals surface area contributed by atoms with Gasteiger partial charge in [0.05, 0.1) is 34.3 Å². The fourth-order valence-electron chi connectivity index (χ4n) is 2.20. The molecule has 25 heavy (non-hydrogen) atoms. The number of hydrogen-bond acceptors (Lipinski definition) is 4. The van der Waals surface area contributed by atoms with Crippen LogP contribution in [0.25, 0.3) is 0 Å². The molecule has 0 bridgehead atoms. The predicted molar refractivity (Wildman–Crippen MR) is 101 cm³/mol. The van der Waals surface area contributed by atoms with E-state index in [9.17, 15) is 4.79 Å². The second-order valence-electron chi connectivity index (χ2n) is 5.64. The first-order chi connectivity index (χ1) is 11.9. The Morgan fingerprint density at radius 2 is 2.16 bits per heavy atom. The normalized spacial score (nSPS) is 10.4. The second-order valence-corrected chi connectivity index (χ2v) is 7.44. The zero-order valence-electron chi connectivity index (χ0n) is 14.4. The Balaban J connectivity index is 2.18. The third kappa shape index (κ3) is 5.38. The Bertz CT molecular complexity index is 783. The highest BCUT2D eigenvalue weighted by Gasteiger charge is 2.16. The molecule has 7 heteroatoms. The number of ether oxygens (including phenoxy) is 1. The summed E-state index contributed by atoms with van der Waals surface area (Å²) in [5, 5.41) is 11.9. The first-order valence-electron chi connectivity index (χ1n) is 7.93. The zero-order chi connectivity index (χ0) is 18.4. The largest absolute Gasteiger partial charge is 0.489 e. The molecule has 1 heterocycles. The van der Waals surface area contributed by atoms with Crippen LogP contribution < -0.4 is 10.1 Å². The lowest BCUT2D eigenvalue weighted by Gasteiger charge is -2.22. The van der Waals surface area contributed by atoms with E-state index in [1.807, 2.05) is 32.9 Å². The van der Waals surface area contributed by atoms with E-state index in [2.05, 4.69) is 11.4 Å². The monoisotopic (exact) mass is 377 g/mol. The van der Waals surface area contributed by atoms with Crippen LogP contribution in [0.2, 0.25) is 4.34 Å². The maximum Gasteiger partial charge on any atom is 0.322 e. The van der Waals surface area contributed by atoms with Crippen molar-refractivity contribution in [2.45, 2.75) is 33.4 Å². The Morgan fingerprint density at radius 3 is 2.72 bits per heavy atom. The lowest BCUT2D eigenvalue weighted by atomic mass is 10.2. The number of urea groups is 1. The summed E-state index contributed by atoms with van der Waals surface area (Å²) >= 11 is 7.40. The van der Waals surface area contributed by atoms with E-state index in [0.29, 0.717) is 34.4 Å². The summed E-state index contributed by atoms with van der Waals surface area (Å²) in [6.45, 7) is 6.73. The maximum atomic E-state index is 12.6. The van der Waals surface area contributed by atoms with Crippen molar-refractivity contribution in [3.8, 4) is 11.8 Å². The molecule has 1 N–H and O–H groups in total. The summed E-state index contributed by atoms with van der Waals surface area (Å²) in [7, 11) is 0. The molecular weight excluding hydrogens is 358 g/mol. The Hall–Kier alpha value is -2.23. The van der Waals surface area contributed by atoms with Gasteiger partial charge in [0.25, 0.3) is 0 Å². The van der Waals surface area contributed by atoms with Crippen molar-refractivity contribution in [2.75, 3.05) is 11.9 Å². The Labute approximate surface area is 156 Å². The number of rotatable bonds is 6. The van der Waals surface area contributed by atoms with Gasteiger partial charge in [0.1, 0.15) is 5.75 Å². The number of amides is 2. The van der Waals surface area contributed by atoms with Gasteiger partial charge in [-0.1, -0.05) is 11.6 Å². The number of thiophene rings is 1. The molecule has 0 saturated carbocycles. The van der Waals surface area contributed by atoms with Crippen molar-refractivity contribution in [3.63, 3.8) is 0 Å². The molecule has 0 aliphatic heterocycles. The SMILES string of the molecule is CCN(Cc1ccc(Cl)s1)C(=O)Nc1cc(C#N)ccc1OC(C)C. The van der Waals surface area contributed by atoms with Gasteiger partial charge in [-0.15, -0.1) is 11.3 Å². The van der Waals surface area contributed by atoms with Gasteiger partial charge in [0, 0.05) is 11.4 Å². The summed E-state index contributed by atoms with van der Waals surface area (Å²) in [5.74, 6) is 0.539. The van der Waals surface area contributed by atoms with Crippen molar-refractivity contribution in [3.05, 3.63) is 45.1 Å². The van der Waals surface area contributed by atoms with Crippen molar-refractivity contribution >= 4 is 34.7 Å². The van der Waals surface area contributed by atoms with Crippen molar-refractivity contribution < 1.29 is 9.53 Å². The molecule has 0 fully saturated rings. The maximum absolute atomic E-state index is 12.6. The molecule has 2 amide bonds. The molecule has 2 rings (SSSR count). The van der Waals surface area contributed by atoms with Crippen LogP contribution in [-0.4, -0.2) is 23.6 Å². The quantitative estimate of drug-likeness (QED) is 0.760. The van der Waals surface area contributed by atoms with Crippen LogP contribution in [0.4, 0.5) is 10.5 Å². The average Bonchev–Trinajstić information content (AvgIpc) is 2.98. The highest BCUT2D eigenvalue weighted by atomic mass is 35.5. The van der Waals surface area contributed by atoms with Gasteiger partial charge in [0.15, 0.2) is 0 Å². The molecule has 0 spiro atoms. The third-order valence-electron chi connectivity index (χ3n) is 3.36. The van der Waals surface area contributed by atoms with Crippen LogP contribution in [0.15, 0.2) is 30.3 Å². The number of nitriles is 1. The van der Waals surface area contributed by atoms with E-state index < -0.39 is 0 Å². The summed E-state index contributed by atoms with van der Waals surface area (Å²) in [4.78, 5) is 15.3. The van der Waals surface area contributed by atoms with E-state index in [4.69, 9.17) is 21.6 Å². The van der Waals surface area contributed by atoms with Crippen LogP contribution in [0, 0.1) is 11.3 Å². The number of anilines is 1. The van der Waals surface area contributed by atoms with Crippen LogP contribution >= 0.6 is 22.9 Å². The molecule has 0 aliphatic rings. The van der Waals surface area contributed by atoms with Crippen LogP contribution in [0.1, 0.15) is 31.2 Å². The van der Waals surface area contributed by atoms with Gasteiger partial charge >= 0.3 is 6.03 Å². The molecule has 132 valence electrons. The molecule has 0 aliphatic carbocycles. The molecule has 0 unspecified atom stereocenters. The summed E-state index contributed by atoms with van der Waals surface area (Å²) < 4.78 is 6.42. The van der Waals surface area contributed by atoms with E-state index >= 15 is 0 Å². The molecule has 2 aromatic rings. The van der Waals surface area contributed by atoms with E-state index in [1.165, 1.54) is 11.3 Å². The van der Waals surface area contributed by atoms with E-state index in [-0.39, 0.29) is 12.1 Å².